The Morgan fingerprint density at radius 1 is 1.29 bits per heavy atom. The van der Waals surface area contributed by atoms with Crippen molar-refractivity contribution in [3.8, 4) is 5.75 Å². The molecule has 0 spiro atoms. The van der Waals surface area contributed by atoms with Crippen molar-refractivity contribution in [1.29, 1.82) is 0 Å². The number of anilines is 1. The molecule has 106 valence electrons. The van der Waals surface area contributed by atoms with Crippen molar-refractivity contribution < 1.29 is 9.53 Å². The molecule has 0 atom stereocenters. The highest BCUT2D eigenvalue weighted by Gasteiger charge is 2.34. The first kappa shape index (κ1) is 13.9. The first-order valence-electron chi connectivity index (χ1n) is 6.25. The summed E-state index contributed by atoms with van der Waals surface area (Å²) >= 11 is 6.63. The van der Waals surface area contributed by atoms with Gasteiger partial charge in [0.15, 0.2) is 4.32 Å². The Morgan fingerprint density at radius 2 is 2.10 bits per heavy atom. The van der Waals surface area contributed by atoms with Gasteiger partial charge in [0.25, 0.3) is 5.91 Å². The van der Waals surface area contributed by atoms with Crippen LogP contribution in [0.3, 0.4) is 0 Å². The Morgan fingerprint density at radius 3 is 2.81 bits per heavy atom. The van der Waals surface area contributed by atoms with Crippen molar-refractivity contribution in [2.75, 3.05) is 12.0 Å². The molecule has 0 bridgehead atoms. The van der Waals surface area contributed by atoms with Crippen molar-refractivity contribution in [3.05, 3.63) is 53.2 Å². The van der Waals surface area contributed by atoms with Crippen molar-refractivity contribution in [1.82, 2.24) is 4.98 Å². The van der Waals surface area contributed by atoms with E-state index in [0.717, 1.165) is 5.69 Å². The number of aromatic nitrogens is 1. The summed E-state index contributed by atoms with van der Waals surface area (Å²) in [6, 6.07) is 11.1. The molecule has 1 amide bonds. The van der Waals surface area contributed by atoms with Crippen LogP contribution in [-0.4, -0.2) is 22.3 Å². The zero-order chi connectivity index (χ0) is 14.8. The minimum Gasteiger partial charge on any atom is -0.495 e. The summed E-state index contributed by atoms with van der Waals surface area (Å²) in [5, 5.41) is 0. The minimum atomic E-state index is -0.135. The average molecular weight is 316 g/mol. The van der Waals surface area contributed by atoms with Gasteiger partial charge < -0.3 is 9.72 Å². The van der Waals surface area contributed by atoms with Gasteiger partial charge >= 0.3 is 0 Å². The summed E-state index contributed by atoms with van der Waals surface area (Å²) in [5.74, 6) is 0.485. The number of para-hydroxylation sites is 2. The molecular weight excluding hydrogens is 304 g/mol. The van der Waals surface area contributed by atoms with Crippen LogP contribution in [0, 0.1) is 0 Å². The van der Waals surface area contributed by atoms with Gasteiger partial charge in [0.05, 0.1) is 17.7 Å². The molecule has 4 nitrogen and oxygen atoms in total. The van der Waals surface area contributed by atoms with E-state index in [1.54, 1.807) is 13.2 Å². The standard InChI is InChI=1S/C15H12N2O2S2/c1-19-12-7-3-2-6-11(12)17-14(18)13(21-15(17)20)9-10-5-4-8-16-10/h2-9,16H,1H3/b13-9-. The number of thiocarbonyl (C=S) groups is 1. The second-order valence-electron chi connectivity index (χ2n) is 4.31. The Labute approximate surface area is 131 Å². The van der Waals surface area contributed by atoms with Crippen LogP contribution in [0.25, 0.3) is 6.08 Å². The largest absolute Gasteiger partial charge is 0.495 e. The lowest BCUT2D eigenvalue weighted by Crippen LogP contribution is -2.27. The molecule has 0 saturated carbocycles. The second kappa shape index (κ2) is 5.75. The summed E-state index contributed by atoms with van der Waals surface area (Å²) in [6.07, 6.45) is 3.61. The number of H-pyrrole nitrogens is 1. The molecule has 0 radical (unpaired) electrons. The van der Waals surface area contributed by atoms with E-state index in [-0.39, 0.29) is 5.91 Å². The van der Waals surface area contributed by atoms with Gasteiger partial charge in [-0.2, -0.15) is 0 Å². The summed E-state index contributed by atoms with van der Waals surface area (Å²) < 4.78 is 5.81. The molecule has 1 aromatic heterocycles. The number of hydrogen-bond donors (Lipinski definition) is 1. The lowest BCUT2D eigenvalue weighted by Gasteiger charge is -2.17. The zero-order valence-corrected chi connectivity index (χ0v) is 12.8. The minimum absolute atomic E-state index is 0.135. The van der Waals surface area contributed by atoms with Gasteiger partial charge in [-0.05, 0) is 30.3 Å². The highest BCUT2D eigenvalue weighted by molar-refractivity contribution is 8.27. The molecule has 1 saturated heterocycles. The van der Waals surface area contributed by atoms with E-state index in [9.17, 15) is 4.79 Å². The quantitative estimate of drug-likeness (QED) is 0.696. The number of hydrogen-bond acceptors (Lipinski definition) is 4. The highest BCUT2D eigenvalue weighted by atomic mass is 32.2. The third-order valence-electron chi connectivity index (χ3n) is 3.03. The van der Waals surface area contributed by atoms with Crippen LogP contribution in [0.1, 0.15) is 5.69 Å². The molecule has 3 rings (SSSR count). The van der Waals surface area contributed by atoms with Crippen molar-refractivity contribution in [2.24, 2.45) is 0 Å². The molecule has 2 heterocycles. The summed E-state index contributed by atoms with van der Waals surface area (Å²) in [5.41, 5.74) is 1.54. The number of benzene rings is 1. The lowest BCUT2D eigenvalue weighted by atomic mass is 10.2. The Bertz CT molecular complexity index is 723. The van der Waals surface area contributed by atoms with Crippen molar-refractivity contribution in [2.45, 2.75) is 0 Å². The van der Waals surface area contributed by atoms with Gasteiger partial charge in [0.1, 0.15) is 5.75 Å². The van der Waals surface area contributed by atoms with Gasteiger partial charge in [-0.1, -0.05) is 36.1 Å². The predicted octanol–water partition coefficient (Wildman–Crippen LogP) is 3.43. The van der Waals surface area contributed by atoms with Crippen molar-refractivity contribution in [3.63, 3.8) is 0 Å². The molecule has 0 aliphatic carbocycles. The molecule has 1 aromatic carbocycles. The zero-order valence-electron chi connectivity index (χ0n) is 11.2. The number of methoxy groups -OCH3 is 1. The van der Waals surface area contributed by atoms with Crippen molar-refractivity contribution >= 4 is 46.0 Å². The maximum Gasteiger partial charge on any atom is 0.270 e. The van der Waals surface area contributed by atoms with Gasteiger partial charge in [-0.3, -0.25) is 9.69 Å². The number of carbonyl (C=O) groups is 1. The first-order chi connectivity index (χ1) is 10.2. The Hall–Kier alpha value is -2.05. The van der Waals surface area contributed by atoms with E-state index < -0.39 is 0 Å². The number of nitrogens with zero attached hydrogens (tertiary/aromatic N) is 1. The fourth-order valence-corrected chi connectivity index (χ4v) is 3.34. The third-order valence-corrected chi connectivity index (χ3v) is 4.33. The molecule has 1 N–H and O–H groups in total. The van der Waals surface area contributed by atoms with Crippen LogP contribution in [-0.2, 0) is 4.79 Å². The van der Waals surface area contributed by atoms with E-state index in [1.807, 2.05) is 42.6 Å². The van der Waals surface area contributed by atoms with Gasteiger partial charge in [-0.25, -0.2) is 0 Å². The van der Waals surface area contributed by atoms with Crippen LogP contribution in [0.4, 0.5) is 5.69 Å². The van der Waals surface area contributed by atoms with Gasteiger partial charge in [0.2, 0.25) is 0 Å². The monoisotopic (exact) mass is 316 g/mol. The number of thioether (sulfide) groups is 1. The Balaban J connectivity index is 1.98. The molecule has 21 heavy (non-hydrogen) atoms. The van der Waals surface area contributed by atoms with Crippen LogP contribution in [0.5, 0.6) is 5.75 Å². The lowest BCUT2D eigenvalue weighted by molar-refractivity contribution is -0.113. The van der Waals surface area contributed by atoms with E-state index in [1.165, 1.54) is 16.7 Å². The summed E-state index contributed by atoms with van der Waals surface area (Å²) in [7, 11) is 1.57. The molecular formula is C15H12N2O2S2. The number of nitrogens with one attached hydrogen (secondary N) is 1. The maximum absolute atomic E-state index is 12.6. The van der Waals surface area contributed by atoms with E-state index in [2.05, 4.69) is 4.98 Å². The summed E-state index contributed by atoms with van der Waals surface area (Å²) in [6.45, 7) is 0. The predicted molar refractivity (Wildman–Crippen MR) is 89.4 cm³/mol. The number of rotatable bonds is 3. The average Bonchev–Trinajstić information content (AvgIpc) is 3.09. The second-order valence-corrected chi connectivity index (χ2v) is 5.99. The fourth-order valence-electron chi connectivity index (χ4n) is 2.07. The van der Waals surface area contributed by atoms with E-state index in [0.29, 0.717) is 20.7 Å². The Kier molecular flexibility index (Phi) is 3.81. The van der Waals surface area contributed by atoms with Gasteiger partial charge in [0, 0.05) is 11.9 Å². The first-order valence-corrected chi connectivity index (χ1v) is 7.47. The highest BCUT2D eigenvalue weighted by Crippen LogP contribution is 2.39. The van der Waals surface area contributed by atoms with Crippen LogP contribution >= 0.6 is 24.0 Å². The number of aromatic amines is 1. The molecule has 1 aliphatic heterocycles. The van der Waals surface area contributed by atoms with E-state index in [4.69, 9.17) is 17.0 Å². The number of amides is 1. The molecule has 2 aromatic rings. The topological polar surface area (TPSA) is 45.3 Å². The van der Waals surface area contributed by atoms with Crippen LogP contribution < -0.4 is 9.64 Å². The van der Waals surface area contributed by atoms with Crippen LogP contribution in [0.2, 0.25) is 0 Å². The number of carbonyl (C=O) groups excluding carboxylic acids is 1. The molecule has 0 unspecified atom stereocenters. The smallest absolute Gasteiger partial charge is 0.270 e. The molecule has 1 fully saturated rings. The number of ether oxygens (including phenoxy) is 1. The molecule has 6 heteroatoms. The molecule has 1 aliphatic rings. The van der Waals surface area contributed by atoms with Gasteiger partial charge in [-0.15, -0.1) is 0 Å². The maximum atomic E-state index is 12.6. The van der Waals surface area contributed by atoms with Crippen LogP contribution in [0.15, 0.2) is 47.5 Å². The SMILES string of the molecule is COc1ccccc1N1C(=O)/C(=C/c2ccc[nH]2)SC1=S. The normalized spacial score (nSPS) is 16.8. The third kappa shape index (κ3) is 2.59. The fraction of sp³-hybridized carbons (Fsp3) is 0.0667. The van der Waals surface area contributed by atoms with E-state index >= 15 is 0 Å². The summed E-state index contributed by atoms with van der Waals surface area (Å²) in [4.78, 5) is 17.7.